The fourth-order valence-electron chi connectivity index (χ4n) is 2.49. The van der Waals surface area contributed by atoms with Crippen molar-refractivity contribution in [1.82, 2.24) is 4.98 Å². The summed E-state index contributed by atoms with van der Waals surface area (Å²) >= 11 is 1.54. The number of hydrogen-bond acceptors (Lipinski definition) is 6. The van der Waals surface area contributed by atoms with Crippen LogP contribution in [0.3, 0.4) is 0 Å². The second kappa shape index (κ2) is 6.90. The van der Waals surface area contributed by atoms with E-state index in [4.69, 9.17) is 14.5 Å². The maximum Gasteiger partial charge on any atom is 0.269 e. The van der Waals surface area contributed by atoms with Gasteiger partial charge in [-0.15, -0.1) is 11.3 Å². The van der Waals surface area contributed by atoms with Gasteiger partial charge in [0.05, 0.1) is 24.8 Å². The molecular formula is C18H16N2O4S. The summed E-state index contributed by atoms with van der Waals surface area (Å²) in [4.78, 5) is 16.1. The van der Waals surface area contributed by atoms with Crippen LogP contribution in [-0.2, 0) is 0 Å². The van der Waals surface area contributed by atoms with E-state index in [1.165, 1.54) is 23.5 Å². The number of methoxy groups -OCH3 is 2. The number of benzene rings is 2. The summed E-state index contributed by atoms with van der Waals surface area (Å²) in [5, 5.41) is 11.6. The van der Waals surface area contributed by atoms with Crippen molar-refractivity contribution in [3.8, 4) is 33.3 Å². The zero-order valence-electron chi connectivity index (χ0n) is 14.0. The van der Waals surface area contributed by atoms with Crippen LogP contribution < -0.4 is 9.47 Å². The van der Waals surface area contributed by atoms with Gasteiger partial charge in [0.1, 0.15) is 16.5 Å². The van der Waals surface area contributed by atoms with Gasteiger partial charge >= 0.3 is 0 Å². The Hall–Kier alpha value is -2.93. The fraction of sp³-hybridized carbons (Fsp3) is 0.167. The van der Waals surface area contributed by atoms with Crippen LogP contribution in [-0.4, -0.2) is 24.1 Å². The molecule has 0 saturated carbocycles. The Labute approximate surface area is 148 Å². The van der Waals surface area contributed by atoms with Crippen molar-refractivity contribution in [2.24, 2.45) is 0 Å². The summed E-state index contributed by atoms with van der Waals surface area (Å²) in [7, 11) is 3.21. The van der Waals surface area contributed by atoms with Crippen LogP contribution in [0.1, 0.15) is 4.88 Å². The average molecular weight is 356 g/mol. The van der Waals surface area contributed by atoms with Crippen LogP contribution in [0.5, 0.6) is 11.5 Å². The number of aryl methyl sites for hydroxylation is 1. The van der Waals surface area contributed by atoms with E-state index < -0.39 is 4.92 Å². The molecule has 0 atom stereocenters. The van der Waals surface area contributed by atoms with Gasteiger partial charge in [0.25, 0.3) is 5.69 Å². The first-order valence-electron chi connectivity index (χ1n) is 7.48. The van der Waals surface area contributed by atoms with Gasteiger partial charge in [-0.05, 0) is 31.2 Å². The molecule has 25 heavy (non-hydrogen) atoms. The SMILES string of the molecule is COc1ccc(-c2nc(-c3ccc([N+](=O)[O-])cc3)sc2C)c(OC)c1. The molecule has 128 valence electrons. The molecule has 0 amide bonds. The molecule has 6 nitrogen and oxygen atoms in total. The summed E-state index contributed by atoms with van der Waals surface area (Å²) in [6, 6.07) is 12.0. The van der Waals surface area contributed by atoms with Gasteiger partial charge in [-0.25, -0.2) is 4.98 Å². The molecule has 7 heteroatoms. The highest BCUT2D eigenvalue weighted by Gasteiger charge is 2.16. The molecule has 0 unspecified atom stereocenters. The standard InChI is InChI=1S/C18H16N2O4S/c1-11-17(15-9-8-14(23-2)10-16(15)24-3)19-18(25-11)12-4-6-13(7-5-12)20(21)22/h4-10H,1-3H3. The van der Waals surface area contributed by atoms with E-state index in [0.29, 0.717) is 11.5 Å². The molecule has 0 saturated heterocycles. The highest BCUT2D eigenvalue weighted by molar-refractivity contribution is 7.15. The molecule has 0 radical (unpaired) electrons. The molecule has 3 rings (SSSR count). The smallest absolute Gasteiger partial charge is 0.269 e. The lowest BCUT2D eigenvalue weighted by Gasteiger charge is -2.09. The number of nitro groups is 1. The number of nitrogens with zero attached hydrogens (tertiary/aromatic N) is 2. The quantitative estimate of drug-likeness (QED) is 0.489. The van der Waals surface area contributed by atoms with Crippen LogP contribution in [0.15, 0.2) is 42.5 Å². The Morgan fingerprint density at radius 3 is 2.40 bits per heavy atom. The van der Waals surface area contributed by atoms with E-state index in [9.17, 15) is 10.1 Å². The Balaban J connectivity index is 2.02. The van der Waals surface area contributed by atoms with Gasteiger partial charge in [-0.3, -0.25) is 10.1 Å². The number of non-ortho nitro benzene ring substituents is 1. The van der Waals surface area contributed by atoms with Crippen molar-refractivity contribution < 1.29 is 14.4 Å². The molecule has 0 aliphatic heterocycles. The average Bonchev–Trinajstić information content (AvgIpc) is 3.02. The Morgan fingerprint density at radius 2 is 1.80 bits per heavy atom. The lowest BCUT2D eigenvalue weighted by atomic mass is 10.1. The topological polar surface area (TPSA) is 74.5 Å². The van der Waals surface area contributed by atoms with Gasteiger partial charge in [-0.2, -0.15) is 0 Å². The zero-order valence-corrected chi connectivity index (χ0v) is 14.8. The van der Waals surface area contributed by atoms with Gasteiger partial charge in [0, 0.05) is 34.2 Å². The monoisotopic (exact) mass is 356 g/mol. The molecule has 1 aromatic heterocycles. The molecule has 0 aliphatic carbocycles. The maximum absolute atomic E-state index is 10.8. The van der Waals surface area contributed by atoms with E-state index in [1.807, 2.05) is 25.1 Å². The predicted octanol–water partition coefficient (Wildman–Crippen LogP) is 4.71. The van der Waals surface area contributed by atoms with Crippen LogP contribution >= 0.6 is 11.3 Å². The molecule has 3 aromatic rings. The largest absolute Gasteiger partial charge is 0.497 e. The van der Waals surface area contributed by atoms with E-state index in [-0.39, 0.29) is 5.69 Å². The van der Waals surface area contributed by atoms with Crippen molar-refractivity contribution in [3.63, 3.8) is 0 Å². The van der Waals surface area contributed by atoms with Crippen LogP contribution in [0.2, 0.25) is 0 Å². The summed E-state index contributed by atoms with van der Waals surface area (Å²) in [6.07, 6.45) is 0. The number of rotatable bonds is 5. The summed E-state index contributed by atoms with van der Waals surface area (Å²) < 4.78 is 10.7. The normalized spacial score (nSPS) is 10.5. The predicted molar refractivity (Wildman–Crippen MR) is 97.5 cm³/mol. The second-order valence-corrected chi connectivity index (χ2v) is 6.50. The minimum atomic E-state index is -0.412. The number of ether oxygens (including phenoxy) is 2. The van der Waals surface area contributed by atoms with Crippen LogP contribution in [0.25, 0.3) is 21.8 Å². The number of thiazole rings is 1. The molecule has 0 fully saturated rings. The minimum absolute atomic E-state index is 0.0640. The van der Waals surface area contributed by atoms with Crippen molar-refractivity contribution >= 4 is 17.0 Å². The summed E-state index contributed by atoms with van der Waals surface area (Å²) in [5.74, 6) is 1.40. The number of hydrogen-bond donors (Lipinski definition) is 0. The van der Waals surface area contributed by atoms with Crippen LogP contribution in [0.4, 0.5) is 5.69 Å². The number of nitro benzene ring substituents is 1. The van der Waals surface area contributed by atoms with Gasteiger partial charge in [0.2, 0.25) is 0 Å². The third-order valence-corrected chi connectivity index (χ3v) is 4.81. The lowest BCUT2D eigenvalue weighted by molar-refractivity contribution is -0.384. The Morgan fingerprint density at radius 1 is 1.08 bits per heavy atom. The van der Waals surface area contributed by atoms with E-state index >= 15 is 0 Å². The van der Waals surface area contributed by atoms with Gasteiger partial charge < -0.3 is 9.47 Å². The van der Waals surface area contributed by atoms with E-state index in [0.717, 1.165) is 26.7 Å². The lowest BCUT2D eigenvalue weighted by Crippen LogP contribution is -1.91. The maximum atomic E-state index is 10.8. The number of aromatic nitrogens is 1. The van der Waals surface area contributed by atoms with Crippen molar-refractivity contribution in [2.75, 3.05) is 14.2 Å². The van der Waals surface area contributed by atoms with Crippen molar-refractivity contribution in [2.45, 2.75) is 6.92 Å². The first kappa shape index (κ1) is 16.9. The van der Waals surface area contributed by atoms with Gasteiger partial charge in [-0.1, -0.05) is 0 Å². The van der Waals surface area contributed by atoms with Crippen LogP contribution in [0, 0.1) is 17.0 Å². The van der Waals surface area contributed by atoms with E-state index in [1.54, 1.807) is 26.4 Å². The molecule has 2 aromatic carbocycles. The first-order chi connectivity index (χ1) is 12.0. The highest BCUT2D eigenvalue weighted by atomic mass is 32.1. The Kier molecular flexibility index (Phi) is 4.67. The molecular weight excluding hydrogens is 340 g/mol. The molecule has 0 bridgehead atoms. The minimum Gasteiger partial charge on any atom is -0.497 e. The van der Waals surface area contributed by atoms with Gasteiger partial charge in [0.15, 0.2) is 0 Å². The second-order valence-electron chi connectivity index (χ2n) is 5.29. The third kappa shape index (κ3) is 3.32. The summed E-state index contributed by atoms with van der Waals surface area (Å²) in [5.41, 5.74) is 2.62. The zero-order chi connectivity index (χ0) is 18.0. The fourth-order valence-corrected chi connectivity index (χ4v) is 3.42. The first-order valence-corrected chi connectivity index (χ1v) is 8.29. The highest BCUT2D eigenvalue weighted by Crippen LogP contribution is 2.39. The third-order valence-electron chi connectivity index (χ3n) is 3.79. The van der Waals surface area contributed by atoms with Crippen molar-refractivity contribution in [3.05, 3.63) is 57.5 Å². The Bertz CT molecular complexity index is 919. The summed E-state index contributed by atoms with van der Waals surface area (Å²) in [6.45, 7) is 1.99. The van der Waals surface area contributed by atoms with E-state index in [2.05, 4.69) is 0 Å². The molecule has 0 spiro atoms. The molecule has 0 N–H and O–H groups in total. The molecule has 0 aliphatic rings. The molecule has 1 heterocycles. The van der Waals surface area contributed by atoms with Crippen molar-refractivity contribution in [1.29, 1.82) is 0 Å².